The number of rotatable bonds is 12. The van der Waals surface area contributed by atoms with Crippen molar-refractivity contribution in [2.45, 2.75) is 28.8 Å². The maximum atomic E-state index is 14.2. The highest BCUT2D eigenvalue weighted by molar-refractivity contribution is 7.89. The summed E-state index contributed by atoms with van der Waals surface area (Å²) in [4.78, 5) is 23.9. The molecule has 0 saturated carbocycles. The Morgan fingerprint density at radius 2 is 1.03 bits per heavy atom. The van der Waals surface area contributed by atoms with Gasteiger partial charge in [-0.25, -0.2) is 35.9 Å². The van der Waals surface area contributed by atoms with Crippen LogP contribution >= 0.6 is 58.0 Å². The van der Waals surface area contributed by atoms with Gasteiger partial charge in [-0.1, -0.05) is 70.1 Å². The fraction of sp³-hybridized carbons (Fsp3) is 0.0732. The van der Waals surface area contributed by atoms with E-state index in [9.17, 15) is 48.4 Å². The van der Waals surface area contributed by atoms with Crippen LogP contribution in [0, 0.1) is 11.6 Å². The molecule has 0 saturated heterocycles. The summed E-state index contributed by atoms with van der Waals surface area (Å²) < 4.78 is 126. The van der Waals surface area contributed by atoms with Crippen LogP contribution in [-0.4, -0.2) is 28.6 Å². The lowest BCUT2D eigenvalue weighted by atomic mass is 10.1. The van der Waals surface area contributed by atoms with Crippen molar-refractivity contribution in [3.63, 3.8) is 0 Å². The number of ether oxygens (including phenoxy) is 2. The van der Waals surface area contributed by atoms with Crippen LogP contribution in [0.15, 0.2) is 119 Å². The van der Waals surface area contributed by atoms with Crippen LogP contribution in [0.1, 0.15) is 16.7 Å². The minimum atomic E-state index is -5.20. The quantitative estimate of drug-likeness (QED) is 0.0686. The fourth-order valence-corrected chi connectivity index (χ4v) is 7.88. The lowest BCUT2D eigenvalue weighted by Gasteiger charge is -2.14. The third-order valence-corrected chi connectivity index (χ3v) is 11.6. The van der Waals surface area contributed by atoms with Crippen LogP contribution in [0.4, 0.5) is 33.3 Å². The number of sulfonamides is 2. The lowest BCUT2D eigenvalue weighted by molar-refractivity contribution is -0.140. The first-order chi connectivity index (χ1) is 30.3. The predicted molar refractivity (Wildman–Crippen MR) is 236 cm³/mol. The monoisotopic (exact) mass is 1040 g/mol. The summed E-state index contributed by atoms with van der Waals surface area (Å²) >= 11 is 29.4. The van der Waals surface area contributed by atoms with E-state index in [4.69, 9.17) is 77.8 Å². The molecular formula is C41H28Cl5F5N4O8S2. The van der Waals surface area contributed by atoms with Crippen molar-refractivity contribution in [3.8, 4) is 23.0 Å². The molecule has 0 aromatic heterocycles. The Kier molecular flexibility index (Phi) is 16.4. The highest BCUT2D eigenvalue weighted by Crippen LogP contribution is 2.37. The van der Waals surface area contributed by atoms with Crippen molar-refractivity contribution in [2.24, 2.45) is 10.3 Å². The number of anilines is 2. The van der Waals surface area contributed by atoms with E-state index < -0.39 is 77.1 Å². The Labute approximate surface area is 392 Å². The molecule has 0 fully saturated rings. The molecule has 0 bridgehead atoms. The number of carbonyl (C=O) groups is 2. The number of nitrogens with two attached hydrogens (primary N) is 2. The molecule has 0 radical (unpaired) electrons. The van der Waals surface area contributed by atoms with E-state index in [0.29, 0.717) is 31.4 Å². The van der Waals surface area contributed by atoms with Gasteiger partial charge in [-0.15, -0.1) is 0 Å². The van der Waals surface area contributed by atoms with Gasteiger partial charge >= 0.3 is 6.18 Å². The average Bonchev–Trinajstić information content (AvgIpc) is 3.19. The molecule has 0 aliphatic rings. The number of amides is 2. The van der Waals surface area contributed by atoms with Crippen LogP contribution in [0.5, 0.6) is 23.0 Å². The summed E-state index contributed by atoms with van der Waals surface area (Å²) in [5.41, 5.74) is -2.12. The van der Waals surface area contributed by atoms with Crippen molar-refractivity contribution in [2.75, 3.05) is 10.6 Å². The van der Waals surface area contributed by atoms with Gasteiger partial charge in [-0.05, 0) is 103 Å². The zero-order valence-corrected chi connectivity index (χ0v) is 37.7. The minimum Gasteiger partial charge on any atom is -0.456 e. The first-order valence-electron chi connectivity index (χ1n) is 17.8. The second-order valence-electron chi connectivity index (χ2n) is 13.2. The number of alkyl halides is 3. The van der Waals surface area contributed by atoms with Gasteiger partial charge < -0.3 is 20.1 Å². The molecule has 0 spiro atoms. The molecule has 12 nitrogen and oxygen atoms in total. The van der Waals surface area contributed by atoms with Crippen molar-refractivity contribution in [1.29, 1.82) is 0 Å². The molecule has 6 rings (SSSR count). The van der Waals surface area contributed by atoms with Crippen molar-refractivity contribution < 1.29 is 57.9 Å². The molecule has 6 aromatic carbocycles. The van der Waals surface area contributed by atoms with Crippen molar-refractivity contribution in [3.05, 3.63) is 163 Å². The van der Waals surface area contributed by atoms with Gasteiger partial charge in [0, 0.05) is 42.1 Å². The number of primary sulfonamides is 2. The number of hydrogen-bond acceptors (Lipinski definition) is 8. The Morgan fingerprint density at radius 3 is 1.48 bits per heavy atom. The van der Waals surface area contributed by atoms with Crippen molar-refractivity contribution in [1.82, 2.24) is 0 Å². The zero-order valence-electron chi connectivity index (χ0n) is 32.3. The van der Waals surface area contributed by atoms with Gasteiger partial charge in [0.15, 0.2) is 11.6 Å². The number of nitrogens with one attached hydrogen (secondary N) is 2. The van der Waals surface area contributed by atoms with Gasteiger partial charge in [0.05, 0.1) is 18.4 Å². The Bertz CT molecular complexity index is 3040. The molecule has 65 heavy (non-hydrogen) atoms. The van der Waals surface area contributed by atoms with E-state index in [0.717, 1.165) is 6.07 Å². The number of halogens is 10. The molecule has 0 unspecified atom stereocenters. The average molecular weight is 1040 g/mol. The lowest BCUT2D eigenvalue weighted by Crippen LogP contribution is -2.19. The molecule has 0 aliphatic carbocycles. The normalized spacial score (nSPS) is 11.6. The smallest absolute Gasteiger partial charge is 0.419 e. The molecule has 342 valence electrons. The third-order valence-electron chi connectivity index (χ3n) is 8.37. The molecule has 6 N–H and O–H groups in total. The maximum Gasteiger partial charge on any atom is 0.419 e. The summed E-state index contributed by atoms with van der Waals surface area (Å²) in [5, 5.41) is 16.1. The highest BCUT2D eigenvalue weighted by atomic mass is 35.5. The second kappa shape index (κ2) is 21.0. The second-order valence-corrected chi connectivity index (χ2v) is 18.4. The molecule has 0 heterocycles. The highest BCUT2D eigenvalue weighted by Gasteiger charge is 2.37. The summed E-state index contributed by atoms with van der Waals surface area (Å²) in [6.45, 7) is 0. The van der Waals surface area contributed by atoms with Crippen LogP contribution < -0.4 is 30.4 Å². The Hall–Kier alpha value is -5.22. The molecule has 2 amide bonds. The maximum absolute atomic E-state index is 14.2. The predicted octanol–water partition coefficient (Wildman–Crippen LogP) is 11.2. The topological polar surface area (TPSA) is 197 Å². The summed E-state index contributed by atoms with van der Waals surface area (Å²) in [6.07, 6.45) is -6.20. The number of benzene rings is 6. The van der Waals surface area contributed by atoms with Gasteiger partial charge in [-0.3, -0.25) is 9.59 Å². The van der Waals surface area contributed by atoms with Gasteiger partial charge in [0.25, 0.3) is 0 Å². The first-order valence-corrected chi connectivity index (χ1v) is 22.7. The van der Waals surface area contributed by atoms with Crippen LogP contribution in [-0.2, 0) is 48.7 Å². The largest absolute Gasteiger partial charge is 0.456 e. The van der Waals surface area contributed by atoms with E-state index in [2.05, 4.69) is 10.6 Å². The zero-order chi connectivity index (χ0) is 48.0. The minimum absolute atomic E-state index is 0.00403. The number of hydrogen-bond donors (Lipinski definition) is 4. The Morgan fingerprint density at radius 1 is 0.569 bits per heavy atom. The number of carbonyl (C=O) groups excluding carboxylic acids is 2. The van der Waals surface area contributed by atoms with Crippen molar-refractivity contribution >= 4 is 101 Å². The van der Waals surface area contributed by atoms with E-state index in [1.54, 1.807) is 48.5 Å². The summed E-state index contributed by atoms with van der Waals surface area (Å²) in [7, 11) is -8.51. The van der Waals surface area contributed by atoms with Gasteiger partial charge in [-0.2, -0.15) is 13.2 Å². The summed E-state index contributed by atoms with van der Waals surface area (Å²) in [6, 6.07) is 24.9. The Balaban J connectivity index is 0.000000247. The van der Waals surface area contributed by atoms with Crippen LogP contribution in [0.3, 0.4) is 0 Å². The van der Waals surface area contributed by atoms with Crippen LogP contribution in [0.25, 0.3) is 0 Å². The molecular weight excluding hydrogens is 1010 g/mol. The molecule has 6 aromatic rings. The fourth-order valence-electron chi connectivity index (χ4n) is 5.52. The first kappa shape index (κ1) is 50.8. The van der Waals surface area contributed by atoms with E-state index in [1.807, 2.05) is 0 Å². The molecule has 24 heteroatoms. The van der Waals surface area contributed by atoms with Crippen LogP contribution in [0.2, 0.25) is 25.1 Å². The van der Waals surface area contributed by atoms with E-state index in [-0.39, 0.29) is 46.0 Å². The summed E-state index contributed by atoms with van der Waals surface area (Å²) in [5.74, 6) is -5.27. The van der Waals surface area contributed by atoms with Gasteiger partial charge in [0.1, 0.15) is 32.8 Å². The molecule has 0 atom stereocenters. The van der Waals surface area contributed by atoms with Gasteiger partial charge in [0.2, 0.25) is 31.9 Å². The third kappa shape index (κ3) is 14.1. The molecule has 0 aliphatic heterocycles. The van der Waals surface area contributed by atoms with E-state index >= 15 is 0 Å². The standard InChI is InChI=1S/C21H13Cl2F5N2O4S.C20H15Cl3N2O4S/c22-10-2-1-3-12(6-10)34-16-5-4-11(7-17(16)35(29,32)33)30-18(31)8-13-15(23)9-14(21(26,27)28)20(25)19(13)24;21-13-2-1-3-16(10-13)29-18-7-5-15(11-19(18)30(24,27)28)25-20(26)9-12-8-14(22)4-6-17(12)23/h1-7,9H,8H2,(H,30,31)(H2,29,32,33);1-8,10-11H,9H2,(H,25,26)(H2,24,27,28). The SMILES string of the molecule is NS(=O)(=O)c1cc(NC(=O)Cc2c(Cl)cc(C(F)(F)F)c(F)c2F)ccc1Oc1cccc(Cl)c1.NS(=O)(=O)c1cc(NC(=O)Cc2cc(Cl)ccc2Cl)ccc1Oc1cccc(Cl)c1. The van der Waals surface area contributed by atoms with E-state index in [1.165, 1.54) is 48.5 Å².